The van der Waals surface area contributed by atoms with E-state index in [1.165, 1.54) is 0 Å². The first kappa shape index (κ1) is 22.6. The van der Waals surface area contributed by atoms with Gasteiger partial charge in [-0.15, -0.1) is 0 Å². The first-order valence-electron chi connectivity index (χ1n) is 10.8. The van der Waals surface area contributed by atoms with E-state index >= 15 is 0 Å². The van der Waals surface area contributed by atoms with Crippen molar-refractivity contribution in [3.05, 3.63) is 94.8 Å². The number of hydrogen-bond acceptors (Lipinski definition) is 3. The second-order valence-corrected chi connectivity index (χ2v) is 8.27. The number of nitrogens with one attached hydrogen (secondary N) is 2. The quantitative estimate of drug-likeness (QED) is 0.363. The lowest BCUT2D eigenvalue weighted by Crippen LogP contribution is -2.25. The van der Waals surface area contributed by atoms with E-state index in [9.17, 15) is 9.59 Å². The molecule has 7 heteroatoms. The third kappa shape index (κ3) is 5.59. The van der Waals surface area contributed by atoms with Gasteiger partial charge in [0.05, 0.1) is 21.7 Å². The highest BCUT2D eigenvalue weighted by Crippen LogP contribution is 2.21. The molecule has 3 aromatic carbocycles. The number of benzene rings is 3. The van der Waals surface area contributed by atoms with Crippen LogP contribution in [-0.2, 0) is 17.8 Å². The molecule has 1 heterocycles. The number of carbonyl (C=O) groups excluding carboxylic acids is 2. The summed E-state index contributed by atoms with van der Waals surface area (Å²) >= 11 is 6.17. The summed E-state index contributed by atoms with van der Waals surface area (Å²) in [6.07, 6.45) is 1.33. The van der Waals surface area contributed by atoms with E-state index in [2.05, 4.69) is 10.6 Å². The number of rotatable bonds is 8. The molecule has 6 nitrogen and oxygen atoms in total. The summed E-state index contributed by atoms with van der Waals surface area (Å²) in [4.78, 5) is 29.8. The lowest BCUT2D eigenvalue weighted by Gasteiger charge is -2.11. The molecule has 4 rings (SSSR count). The number of imidazole rings is 1. The van der Waals surface area contributed by atoms with Gasteiger partial charge >= 0.3 is 0 Å². The van der Waals surface area contributed by atoms with Crippen LogP contribution in [0.5, 0.6) is 0 Å². The van der Waals surface area contributed by atoms with Gasteiger partial charge in [-0.2, -0.15) is 0 Å². The number of aryl methyl sites for hydroxylation is 2. The fraction of sp³-hybridized carbons (Fsp3) is 0.192. The van der Waals surface area contributed by atoms with Crippen molar-refractivity contribution in [1.29, 1.82) is 0 Å². The number of hydrogen-bond donors (Lipinski definition) is 2. The molecule has 2 N–H and O–H groups in total. The van der Waals surface area contributed by atoms with E-state index in [0.29, 0.717) is 35.7 Å². The molecule has 0 atom stereocenters. The number of para-hydroxylation sites is 3. The monoisotopic (exact) mass is 460 g/mol. The highest BCUT2D eigenvalue weighted by molar-refractivity contribution is 6.33. The molecular formula is C26H25ClN4O2. The minimum atomic E-state index is -0.180. The van der Waals surface area contributed by atoms with E-state index in [1.807, 2.05) is 66.1 Å². The molecule has 4 aromatic rings. The molecule has 2 amide bonds. The van der Waals surface area contributed by atoms with Crippen molar-refractivity contribution in [3.63, 3.8) is 0 Å². The van der Waals surface area contributed by atoms with E-state index in [4.69, 9.17) is 16.6 Å². The number of amides is 2. The van der Waals surface area contributed by atoms with Gasteiger partial charge in [0.2, 0.25) is 5.91 Å². The SMILES string of the molecule is Cc1cccc(C(=O)NCCCc2nc3ccccc3n2CC(=O)Nc2ccccc2Cl)c1. The van der Waals surface area contributed by atoms with Gasteiger partial charge in [0.1, 0.15) is 12.4 Å². The van der Waals surface area contributed by atoms with Crippen LogP contribution in [-0.4, -0.2) is 27.9 Å². The van der Waals surface area contributed by atoms with Crippen molar-refractivity contribution in [2.24, 2.45) is 0 Å². The summed E-state index contributed by atoms with van der Waals surface area (Å²) in [5.41, 5.74) is 4.01. The van der Waals surface area contributed by atoms with Crippen molar-refractivity contribution < 1.29 is 9.59 Å². The second kappa shape index (κ2) is 10.3. The maximum Gasteiger partial charge on any atom is 0.251 e. The maximum atomic E-state index is 12.8. The lowest BCUT2D eigenvalue weighted by molar-refractivity contribution is -0.116. The van der Waals surface area contributed by atoms with Gasteiger partial charge in [0, 0.05) is 18.5 Å². The largest absolute Gasteiger partial charge is 0.352 e. The van der Waals surface area contributed by atoms with Gasteiger partial charge in [-0.05, 0) is 49.7 Å². The zero-order valence-corrected chi connectivity index (χ0v) is 19.1. The molecular weight excluding hydrogens is 436 g/mol. The molecule has 0 aliphatic rings. The highest BCUT2D eigenvalue weighted by atomic mass is 35.5. The standard InChI is InChI=1S/C26H25ClN4O2/c1-18-8-6-9-19(16-18)26(33)28-15-7-14-24-29-22-12-4-5-13-23(22)31(24)17-25(32)30-21-11-3-2-10-20(21)27/h2-6,8-13,16H,7,14-15,17H2,1H3,(H,28,33)(H,30,32). The van der Waals surface area contributed by atoms with Crippen LogP contribution < -0.4 is 10.6 Å². The Bertz CT molecular complexity index is 1300. The van der Waals surface area contributed by atoms with Crippen LogP contribution in [0.25, 0.3) is 11.0 Å². The van der Waals surface area contributed by atoms with Crippen molar-refractivity contribution in [3.8, 4) is 0 Å². The first-order chi connectivity index (χ1) is 16.0. The molecule has 0 bridgehead atoms. The molecule has 33 heavy (non-hydrogen) atoms. The molecule has 0 saturated carbocycles. The summed E-state index contributed by atoms with van der Waals surface area (Å²) in [5, 5.41) is 6.32. The van der Waals surface area contributed by atoms with Crippen molar-refractivity contribution in [1.82, 2.24) is 14.9 Å². The third-order valence-electron chi connectivity index (χ3n) is 5.33. The Morgan fingerprint density at radius 3 is 2.61 bits per heavy atom. The van der Waals surface area contributed by atoms with Crippen molar-refractivity contribution >= 4 is 40.1 Å². The van der Waals surface area contributed by atoms with Gasteiger partial charge in [-0.1, -0.05) is 53.6 Å². The molecule has 0 unspecified atom stereocenters. The molecule has 0 radical (unpaired) electrons. The van der Waals surface area contributed by atoms with Crippen molar-refractivity contribution in [2.45, 2.75) is 26.3 Å². The Hall–Kier alpha value is -3.64. The molecule has 0 saturated heterocycles. The van der Waals surface area contributed by atoms with Crippen LogP contribution >= 0.6 is 11.6 Å². The maximum absolute atomic E-state index is 12.8. The zero-order chi connectivity index (χ0) is 23.2. The van der Waals surface area contributed by atoms with E-state index in [1.54, 1.807) is 18.2 Å². The normalized spacial score (nSPS) is 10.8. The molecule has 1 aromatic heterocycles. The number of anilines is 1. The number of nitrogens with zero attached hydrogens (tertiary/aromatic N) is 2. The third-order valence-corrected chi connectivity index (χ3v) is 5.66. The Balaban J connectivity index is 1.42. The molecule has 0 fully saturated rings. The Kier molecular flexibility index (Phi) is 7.05. The van der Waals surface area contributed by atoms with Crippen LogP contribution in [0, 0.1) is 6.92 Å². The van der Waals surface area contributed by atoms with Gasteiger partial charge in [0.15, 0.2) is 0 Å². The topological polar surface area (TPSA) is 76.0 Å². The average molecular weight is 461 g/mol. The fourth-order valence-corrected chi connectivity index (χ4v) is 3.91. The van der Waals surface area contributed by atoms with Crippen LogP contribution in [0.1, 0.15) is 28.2 Å². The van der Waals surface area contributed by atoms with Gasteiger partial charge < -0.3 is 15.2 Å². The van der Waals surface area contributed by atoms with Gasteiger partial charge in [-0.3, -0.25) is 9.59 Å². The summed E-state index contributed by atoms with van der Waals surface area (Å²) < 4.78 is 1.92. The summed E-state index contributed by atoms with van der Waals surface area (Å²) in [5.74, 6) is 0.530. The van der Waals surface area contributed by atoms with Gasteiger partial charge in [0.25, 0.3) is 5.91 Å². The van der Waals surface area contributed by atoms with E-state index in [0.717, 1.165) is 22.4 Å². The van der Waals surface area contributed by atoms with Gasteiger partial charge in [-0.25, -0.2) is 4.98 Å². The average Bonchev–Trinajstić information content (AvgIpc) is 3.15. The molecule has 0 aliphatic carbocycles. The van der Waals surface area contributed by atoms with Crippen LogP contribution in [0.4, 0.5) is 5.69 Å². The first-order valence-corrected chi connectivity index (χ1v) is 11.2. The molecule has 168 valence electrons. The smallest absolute Gasteiger partial charge is 0.251 e. The second-order valence-electron chi connectivity index (χ2n) is 7.86. The summed E-state index contributed by atoms with van der Waals surface area (Å²) in [6.45, 7) is 2.60. The number of aromatic nitrogens is 2. The summed E-state index contributed by atoms with van der Waals surface area (Å²) in [6, 6.07) is 22.4. The Morgan fingerprint density at radius 2 is 1.79 bits per heavy atom. The predicted molar refractivity (Wildman–Crippen MR) is 132 cm³/mol. The number of carbonyl (C=O) groups is 2. The lowest BCUT2D eigenvalue weighted by atomic mass is 10.1. The highest BCUT2D eigenvalue weighted by Gasteiger charge is 2.14. The minimum Gasteiger partial charge on any atom is -0.352 e. The minimum absolute atomic E-state index is 0.0914. The fourth-order valence-electron chi connectivity index (χ4n) is 3.73. The zero-order valence-electron chi connectivity index (χ0n) is 18.3. The van der Waals surface area contributed by atoms with E-state index < -0.39 is 0 Å². The number of fused-ring (bicyclic) bond motifs is 1. The van der Waals surface area contributed by atoms with Crippen LogP contribution in [0.3, 0.4) is 0 Å². The van der Waals surface area contributed by atoms with Crippen LogP contribution in [0.15, 0.2) is 72.8 Å². The molecule has 0 spiro atoms. The number of halogens is 1. The van der Waals surface area contributed by atoms with Crippen LogP contribution in [0.2, 0.25) is 5.02 Å². The Morgan fingerprint density at radius 1 is 1.00 bits per heavy atom. The predicted octanol–water partition coefficient (Wildman–Crippen LogP) is 5.00. The van der Waals surface area contributed by atoms with E-state index in [-0.39, 0.29) is 18.4 Å². The summed E-state index contributed by atoms with van der Waals surface area (Å²) in [7, 11) is 0. The van der Waals surface area contributed by atoms with Crippen molar-refractivity contribution in [2.75, 3.05) is 11.9 Å². The molecule has 0 aliphatic heterocycles. The Labute approximate surface area is 197 Å².